The molecule has 0 unspecified atom stereocenters. The molecule has 30 heavy (non-hydrogen) atoms. The van der Waals surface area contributed by atoms with Crippen LogP contribution in [0.1, 0.15) is 54.2 Å². The maximum Gasteiger partial charge on any atom is 0.343 e. The Morgan fingerprint density at radius 2 is 1.83 bits per heavy atom. The topological polar surface area (TPSA) is 75.9 Å². The third-order valence-electron chi connectivity index (χ3n) is 4.69. The summed E-state index contributed by atoms with van der Waals surface area (Å²) in [7, 11) is 0. The fourth-order valence-electron chi connectivity index (χ4n) is 2.97. The van der Waals surface area contributed by atoms with Gasteiger partial charge in [0.1, 0.15) is 17.6 Å². The molecule has 0 saturated carbocycles. The highest BCUT2D eigenvalue weighted by atomic mass is 19.1. The van der Waals surface area contributed by atoms with Gasteiger partial charge in [0.2, 0.25) is 0 Å². The average molecular weight is 403 g/mol. The zero-order chi connectivity index (χ0) is 21.3. The number of nitrogens with zero attached hydrogens (tertiary/aromatic N) is 3. The van der Waals surface area contributed by atoms with Crippen LogP contribution < -0.4 is 4.74 Å². The lowest BCUT2D eigenvalue weighted by atomic mass is 10.1. The first-order chi connectivity index (χ1) is 14.6. The Hall–Kier alpha value is -3.59. The number of carbonyl (C=O) groups is 1. The van der Waals surface area contributed by atoms with Crippen molar-refractivity contribution in [3.63, 3.8) is 0 Å². The van der Waals surface area contributed by atoms with E-state index in [0.29, 0.717) is 5.56 Å². The van der Waals surface area contributed by atoms with Gasteiger partial charge in [0.05, 0.1) is 22.5 Å². The molecule has 0 spiro atoms. The summed E-state index contributed by atoms with van der Waals surface area (Å²) in [6.07, 6.45) is 5.68. The summed E-state index contributed by atoms with van der Waals surface area (Å²) in [6.45, 7) is 2.19. The molecular weight excluding hydrogens is 381 g/mol. The van der Waals surface area contributed by atoms with Gasteiger partial charge in [0.25, 0.3) is 0 Å². The Kier molecular flexibility index (Phi) is 7.23. The predicted molar refractivity (Wildman–Crippen MR) is 111 cm³/mol. The highest BCUT2D eigenvalue weighted by molar-refractivity contribution is 5.91. The summed E-state index contributed by atoms with van der Waals surface area (Å²) in [5.41, 5.74) is 2.75. The van der Waals surface area contributed by atoms with Gasteiger partial charge in [-0.05, 0) is 49.2 Å². The van der Waals surface area contributed by atoms with E-state index in [9.17, 15) is 9.18 Å². The van der Waals surface area contributed by atoms with E-state index in [1.165, 1.54) is 31.4 Å². The molecule has 3 rings (SSSR count). The van der Waals surface area contributed by atoms with Crippen molar-refractivity contribution in [2.75, 3.05) is 0 Å². The van der Waals surface area contributed by atoms with E-state index in [0.717, 1.165) is 35.9 Å². The first-order valence-corrected chi connectivity index (χ1v) is 9.95. The standard InChI is InChI=1S/C24H22FN3O2/c1-2-3-4-5-6-20-12-14-23(28-27-20)17-7-9-18(10-8-17)24(29)30-21-13-11-19(16-26)22(25)15-21/h7-15H,2-6H2,1H3. The van der Waals surface area contributed by atoms with Crippen LogP contribution >= 0.6 is 0 Å². The molecule has 0 bridgehead atoms. The Morgan fingerprint density at radius 1 is 1.03 bits per heavy atom. The lowest BCUT2D eigenvalue weighted by Crippen LogP contribution is -2.08. The molecule has 3 aromatic rings. The Bertz CT molecular complexity index is 1040. The number of unbranched alkanes of at least 4 members (excludes halogenated alkanes) is 3. The zero-order valence-corrected chi connectivity index (χ0v) is 16.8. The third-order valence-corrected chi connectivity index (χ3v) is 4.69. The van der Waals surface area contributed by atoms with Crippen LogP contribution in [0, 0.1) is 17.1 Å². The number of esters is 1. The van der Waals surface area contributed by atoms with Crippen molar-refractivity contribution >= 4 is 5.97 Å². The zero-order valence-electron chi connectivity index (χ0n) is 16.8. The number of ether oxygens (including phenoxy) is 1. The van der Waals surface area contributed by atoms with Crippen LogP contribution in [0.2, 0.25) is 0 Å². The maximum absolute atomic E-state index is 13.6. The number of hydrogen-bond donors (Lipinski definition) is 0. The number of carbonyl (C=O) groups excluding carboxylic acids is 1. The van der Waals surface area contributed by atoms with E-state index < -0.39 is 11.8 Å². The summed E-state index contributed by atoms with van der Waals surface area (Å²) in [4.78, 5) is 12.3. The minimum absolute atomic E-state index is 0.0426. The molecule has 1 aromatic heterocycles. The number of nitriles is 1. The van der Waals surface area contributed by atoms with Crippen LogP contribution in [0.25, 0.3) is 11.3 Å². The van der Waals surface area contributed by atoms with Gasteiger partial charge in [-0.3, -0.25) is 0 Å². The molecule has 0 radical (unpaired) electrons. The van der Waals surface area contributed by atoms with Crippen LogP contribution in [0.5, 0.6) is 5.75 Å². The summed E-state index contributed by atoms with van der Waals surface area (Å²) >= 11 is 0. The third kappa shape index (κ3) is 5.48. The van der Waals surface area contributed by atoms with Gasteiger partial charge in [-0.15, -0.1) is 0 Å². The van der Waals surface area contributed by atoms with E-state index in [1.54, 1.807) is 30.3 Å². The van der Waals surface area contributed by atoms with E-state index >= 15 is 0 Å². The summed E-state index contributed by atoms with van der Waals surface area (Å²) in [5, 5.41) is 17.3. The molecule has 0 saturated heterocycles. The van der Waals surface area contributed by atoms with Crippen molar-refractivity contribution in [3.05, 3.63) is 77.2 Å². The maximum atomic E-state index is 13.6. The van der Waals surface area contributed by atoms with Crippen molar-refractivity contribution < 1.29 is 13.9 Å². The average Bonchev–Trinajstić information content (AvgIpc) is 2.77. The van der Waals surface area contributed by atoms with Gasteiger partial charge in [-0.1, -0.05) is 38.3 Å². The second-order valence-corrected chi connectivity index (χ2v) is 6.94. The quantitative estimate of drug-likeness (QED) is 0.282. The highest BCUT2D eigenvalue weighted by Gasteiger charge is 2.11. The molecular formula is C24H22FN3O2. The number of aromatic nitrogens is 2. The van der Waals surface area contributed by atoms with Gasteiger partial charge >= 0.3 is 5.97 Å². The SMILES string of the molecule is CCCCCCc1ccc(-c2ccc(C(=O)Oc3ccc(C#N)c(F)c3)cc2)nn1. The van der Waals surface area contributed by atoms with E-state index in [4.69, 9.17) is 10.00 Å². The predicted octanol–water partition coefficient (Wildman–Crippen LogP) is 5.50. The monoisotopic (exact) mass is 403 g/mol. The number of aryl methyl sites for hydroxylation is 1. The molecule has 0 N–H and O–H groups in total. The molecule has 1 heterocycles. The molecule has 152 valence electrons. The highest BCUT2D eigenvalue weighted by Crippen LogP contribution is 2.20. The van der Waals surface area contributed by atoms with Crippen LogP contribution in [0.3, 0.4) is 0 Å². The van der Waals surface area contributed by atoms with Crippen molar-refractivity contribution in [2.24, 2.45) is 0 Å². The minimum Gasteiger partial charge on any atom is -0.423 e. The van der Waals surface area contributed by atoms with E-state index in [-0.39, 0.29) is 11.3 Å². The Morgan fingerprint density at radius 3 is 2.47 bits per heavy atom. The largest absolute Gasteiger partial charge is 0.423 e. The Labute approximate surface area is 175 Å². The van der Waals surface area contributed by atoms with Crippen molar-refractivity contribution in [1.29, 1.82) is 5.26 Å². The lowest BCUT2D eigenvalue weighted by Gasteiger charge is -2.06. The van der Waals surface area contributed by atoms with Crippen molar-refractivity contribution in [1.82, 2.24) is 10.2 Å². The fourth-order valence-corrected chi connectivity index (χ4v) is 2.97. The van der Waals surface area contributed by atoms with Gasteiger partial charge in [-0.25, -0.2) is 9.18 Å². The first kappa shape index (κ1) is 21.1. The normalized spacial score (nSPS) is 10.4. The van der Waals surface area contributed by atoms with Crippen LogP contribution in [0.15, 0.2) is 54.6 Å². The summed E-state index contributed by atoms with van der Waals surface area (Å²) in [6, 6.07) is 16.1. The lowest BCUT2D eigenvalue weighted by molar-refractivity contribution is 0.0734. The molecule has 5 nitrogen and oxygen atoms in total. The first-order valence-electron chi connectivity index (χ1n) is 9.95. The molecule has 0 aliphatic carbocycles. The summed E-state index contributed by atoms with van der Waals surface area (Å²) in [5.74, 6) is -1.30. The number of rotatable bonds is 8. The Balaban J connectivity index is 1.62. The molecule has 2 aromatic carbocycles. The fraction of sp³-hybridized carbons (Fsp3) is 0.250. The molecule has 6 heteroatoms. The molecule has 0 atom stereocenters. The van der Waals surface area contributed by atoms with Crippen LogP contribution in [-0.2, 0) is 6.42 Å². The van der Waals surface area contributed by atoms with Gasteiger partial charge < -0.3 is 4.74 Å². The molecule has 0 aliphatic rings. The molecule has 0 aliphatic heterocycles. The van der Waals surface area contributed by atoms with Crippen LogP contribution in [0.4, 0.5) is 4.39 Å². The second kappa shape index (κ2) is 10.3. The van der Waals surface area contributed by atoms with Gasteiger partial charge in [0.15, 0.2) is 0 Å². The number of hydrogen-bond acceptors (Lipinski definition) is 5. The summed E-state index contributed by atoms with van der Waals surface area (Å²) < 4.78 is 18.8. The number of benzene rings is 2. The van der Waals surface area contributed by atoms with E-state index in [2.05, 4.69) is 17.1 Å². The van der Waals surface area contributed by atoms with Gasteiger partial charge in [0, 0.05) is 11.6 Å². The van der Waals surface area contributed by atoms with Crippen LogP contribution in [-0.4, -0.2) is 16.2 Å². The molecule has 0 amide bonds. The number of halogens is 1. The minimum atomic E-state index is -0.731. The smallest absolute Gasteiger partial charge is 0.343 e. The van der Waals surface area contributed by atoms with E-state index in [1.807, 2.05) is 12.1 Å². The molecule has 0 fully saturated rings. The van der Waals surface area contributed by atoms with Crippen molar-refractivity contribution in [3.8, 4) is 23.1 Å². The van der Waals surface area contributed by atoms with Gasteiger partial charge in [-0.2, -0.15) is 15.5 Å². The van der Waals surface area contributed by atoms with Crippen molar-refractivity contribution in [2.45, 2.75) is 39.0 Å². The second-order valence-electron chi connectivity index (χ2n) is 6.94.